The molecule has 0 radical (unpaired) electrons. The van der Waals surface area contributed by atoms with Gasteiger partial charge in [0.05, 0.1) is 0 Å². The zero-order chi connectivity index (χ0) is 26.0. The molecule has 1 aromatic heterocycles. The molecular formula is C34H40SZr. The number of allylic oxidation sites excluding steroid dienone is 4. The van der Waals surface area contributed by atoms with Gasteiger partial charge in [0.2, 0.25) is 0 Å². The molecule has 3 aromatic rings. The summed E-state index contributed by atoms with van der Waals surface area (Å²) in [6.45, 7) is 21.3. The van der Waals surface area contributed by atoms with Crippen molar-refractivity contribution in [3.8, 4) is 11.1 Å². The van der Waals surface area contributed by atoms with Gasteiger partial charge < -0.3 is 0 Å². The van der Waals surface area contributed by atoms with Crippen LogP contribution in [0.1, 0.15) is 93.8 Å². The zero-order valence-corrected chi connectivity index (χ0v) is 26.7. The van der Waals surface area contributed by atoms with Gasteiger partial charge in [0.15, 0.2) is 0 Å². The van der Waals surface area contributed by atoms with Crippen molar-refractivity contribution >= 4 is 20.1 Å². The summed E-state index contributed by atoms with van der Waals surface area (Å²) in [5.74, 6) is 0.527. The minimum atomic E-state index is -2.31. The molecule has 2 aliphatic rings. The van der Waals surface area contributed by atoms with Crippen molar-refractivity contribution in [2.75, 3.05) is 0 Å². The predicted molar refractivity (Wildman–Crippen MR) is 157 cm³/mol. The molecule has 0 saturated heterocycles. The van der Waals surface area contributed by atoms with Crippen LogP contribution in [-0.4, -0.2) is 3.21 Å². The number of hydrogen-bond acceptors (Lipinski definition) is 1. The first-order valence-electron chi connectivity index (χ1n) is 13.3. The van der Waals surface area contributed by atoms with Gasteiger partial charge in [-0.25, -0.2) is 0 Å². The first kappa shape index (κ1) is 26.0. The van der Waals surface area contributed by atoms with Gasteiger partial charge in [0.25, 0.3) is 0 Å². The van der Waals surface area contributed by atoms with Crippen LogP contribution in [0.2, 0.25) is 0 Å². The van der Waals surface area contributed by atoms with E-state index in [-0.39, 0.29) is 10.8 Å². The average Bonchev–Trinajstić information content (AvgIpc) is 3.51. The van der Waals surface area contributed by atoms with Crippen molar-refractivity contribution in [1.82, 2.24) is 0 Å². The van der Waals surface area contributed by atoms with Crippen LogP contribution in [0.5, 0.6) is 0 Å². The fourth-order valence-corrected chi connectivity index (χ4v) is 15.6. The zero-order valence-electron chi connectivity index (χ0n) is 23.4. The van der Waals surface area contributed by atoms with Crippen LogP contribution in [0.3, 0.4) is 0 Å². The third kappa shape index (κ3) is 4.48. The molecule has 1 atom stereocenters. The van der Waals surface area contributed by atoms with Gasteiger partial charge in [0, 0.05) is 0 Å². The molecule has 0 nitrogen and oxygen atoms in total. The van der Waals surface area contributed by atoms with Crippen LogP contribution >= 0.6 is 11.3 Å². The summed E-state index contributed by atoms with van der Waals surface area (Å²) in [4.78, 5) is 0. The monoisotopic (exact) mass is 570 g/mol. The van der Waals surface area contributed by atoms with E-state index < -0.39 is 21.3 Å². The Balaban J connectivity index is 1.79. The predicted octanol–water partition coefficient (Wildman–Crippen LogP) is 9.86. The fraction of sp³-hybridized carbons (Fsp3) is 0.382. The second-order valence-electron chi connectivity index (χ2n) is 12.9. The van der Waals surface area contributed by atoms with E-state index in [2.05, 4.69) is 128 Å². The molecule has 0 spiro atoms. The first-order chi connectivity index (χ1) is 16.9. The number of fused-ring (bicyclic) bond motifs is 3. The molecule has 1 heterocycles. The van der Waals surface area contributed by atoms with E-state index in [0.717, 1.165) is 0 Å². The molecule has 0 N–H and O–H groups in total. The normalized spacial score (nSPS) is 17.5. The Morgan fingerprint density at radius 3 is 1.81 bits per heavy atom. The summed E-state index contributed by atoms with van der Waals surface area (Å²) < 4.78 is 4.01. The van der Waals surface area contributed by atoms with Crippen LogP contribution in [0.25, 0.3) is 16.7 Å². The van der Waals surface area contributed by atoms with Crippen LogP contribution in [-0.2, 0) is 32.1 Å². The van der Waals surface area contributed by atoms with Gasteiger partial charge in [-0.05, 0) is 0 Å². The molecule has 0 amide bonds. The van der Waals surface area contributed by atoms with Gasteiger partial charge in [-0.2, -0.15) is 0 Å². The van der Waals surface area contributed by atoms with E-state index in [1.807, 2.05) is 11.3 Å². The molecule has 1 unspecified atom stereocenters. The number of thiophene rings is 1. The van der Waals surface area contributed by atoms with E-state index in [9.17, 15) is 0 Å². The second-order valence-corrected chi connectivity index (χ2v) is 21.0. The first-order valence-corrected chi connectivity index (χ1v) is 18.1. The summed E-state index contributed by atoms with van der Waals surface area (Å²) in [7, 11) is 0. The average molecular weight is 572 g/mol. The second kappa shape index (κ2) is 9.29. The fourth-order valence-electron chi connectivity index (χ4n) is 5.94. The molecule has 0 aliphatic heterocycles. The van der Waals surface area contributed by atoms with Crippen molar-refractivity contribution < 1.29 is 21.3 Å². The molecule has 36 heavy (non-hydrogen) atoms. The van der Waals surface area contributed by atoms with Crippen molar-refractivity contribution in [2.45, 2.75) is 76.8 Å². The molecule has 2 aliphatic carbocycles. The summed E-state index contributed by atoms with van der Waals surface area (Å²) in [5, 5.41) is 4.57. The van der Waals surface area contributed by atoms with E-state index in [0.29, 0.717) is 9.54 Å². The Labute approximate surface area is 230 Å². The molecule has 186 valence electrons. The Bertz CT molecular complexity index is 1350. The van der Waals surface area contributed by atoms with Crippen LogP contribution in [0.15, 0.2) is 68.7 Å². The third-order valence-corrected chi connectivity index (χ3v) is 17.5. The van der Waals surface area contributed by atoms with Crippen LogP contribution in [0, 0.1) is 5.92 Å². The maximum atomic E-state index is 2.52. The number of benzene rings is 2. The van der Waals surface area contributed by atoms with Crippen LogP contribution in [0.4, 0.5) is 0 Å². The molecule has 0 fully saturated rings. The maximum absolute atomic E-state index is 2.52. The number of hydrogen-bond donors (Lipinski definition) is 0. The quantitative estimate of drug-likeness (QED) is 0.293. The third-order valence-electron chi connectivity index (χ3n) is 8.00. The summed E-state index contributed by atoms with van der Waals surface area (Å²) >= 11 is -0.496. The van der Waals surface area contributed by atoms with E-state index in [4.69, 9.17) is 0 Å². The van der Waals surface area contributed by atoms with Crippen molar-refractivity contribution in [2.24, 2.45) is 5.92 Å². The summed E-state index contributed by atoms with van der Waals surface area (Å²) in [6.07, 6.45) is 4.88. The minimum absolute atomic E-state index is 0.141. The van der Waals surface area contributed by atoms with Gasteiger partial charge >= 0.3 is 232 Å². The van der Waals surface area contributed by atoms with Crippen molar-refractivity contribution in [1.29, 1.82) is 0 Å². The SMILES string of the molecule is C[C](C)=[Zr]([C]1=C(c2ccsc2)C=CC1C)[CH]1c2ccc(C(C)(C)C)cc2-c2cc(C(C)(C)C)ccc21. The van der Waals surface area contributed by atoms with Crippen LogP contribution < -0.4 is 0 Å². The van der Waals surface area contributed by atoms with Crippen molar-refractivity contribution in [3.63, 3.8) is 0 Å². The Hall–Kier alpha value is -1.63. The molecule has 2 aromatic carbocycles. The summed E-state index contributed by atoms with van der Waals surface area (Å²) in [5.41, 5.74) is 12.2. The molecule has 0 saturated carbocycles. The summed E-state index contributed by atoms with van der Waals surface area (Å²) in [6, 6.07) is 17.2. The van der Waals surface area contributed by atoms with Gasteiger partial charge in [-0.1, -0.05) is 0 Å². The Morgan fingerprint density at radius 2 is 1.36 bits per heavy atom. The van der Waals surface area contributed by atoms with E-state index >= 15 is 0 Å². The Morgan fingerprint density at radius 1 is 0.806 bits per heavy atom. The van der Waals surface area contributed by atoms with Gasteiger partial charge in [-0.15, -0.1) is 0 Å². The topological polar surface area (TPSA) is 0 Å². The van der Waals surface area contributed by atoms with E-state index in [1.165, 1.54) is 33.4 Å². The Kier molecular flexibility index (Phi) is 6.71. The van der Waals surface area contributed by atoms with Gasteiger partial charge in [0.1, 0.15) is 0 Å². The van der Waals surface area contributed by atoms with Gasteiger partial charge in [-0.3, -0.25) is 0 Å². The van der Waals surface area contributed by atoms with Crippen molar-refractivity contribution in [3.05, 3.63) is 96.5 Å². The molecule has 5 rings (SSSR count). The molecular weight excluding hydrogens is 532 g/mol. The standard InChI is InChI=1S/C21H25.C10H9S.C3H6.Zr/c1-20(2,3)16-9-7-14-11-15-8-10-17(21(4,5)6)13-19(15)18(14)12-16;1-8-2-3-9(6-8)10-4-5-11-7-10;1-3-2;/h7-13H,1-6H3;2-5,7-8H,1H3;1-2H3;. The van der Waals surface area contributed by atoms with E-state index in [1.54, 1.807) is 17.6 Å². The number of rotatable bonds is 3. The molecule has 0 bridgehead atoms. The molecule has 2 heteroatoms.